The molecule has 0 unspecified atom stereocenters. The summed E-state index contributed by atoms with van der Waals surface area (Å²) in [7, 11) is 4.27. The lowest BCUT2D eigenvalue weighted by Crippen LogP contribution is -2.28. The Bertz CT molecular complexity index is 1930. The molecular weight excluding hydrogens is 665 g/mol. The van der Waals surface area contributed by atoms with Crippen LogP contribution in [0.2, 0.25) is 0 Å². The van der Waals surface area contributed by atoms with Gasteiger partial charge < -0.3 is 19.6 Å². The first kappa shape index (κ1) is 44.5. The van der Waals surface area contributed by atoms with Gasteiger partial charge in [-0.2, -0.15) is 0 Å². The smallest absolute Gasteiger partial charge is 0.264 e. The van der Waals surface area contributed by atoms with Crippen LogP contribution < -0.4 is 14.9 Å². The summed E-state index contributed by atoms with van der Waals surface area (Å²) in [5, 5.41) is 20.2. The van der Waals surface area contributed by atoms with Gasteiger partial charge in [0, 0.05) is 93.4 Å². The lowest BCUT2D eigenvalue weighted by Gasteiger charge is -2.23. The minimum atomic E-state index is -4.02. The number of hydrogen-bond donors (Lipinski definition) is 1. The Balaban J connectivity index is 0.000000841. The van der Waals surface area contributed by atoms with Crippen LogP contribution in [0.5, 0.6) is 0 Å². The van der Waals surface area contributed by atoms with Gasteiger partial charge in [-0.05, 0) is 58.0 Å². The van der Waals surface area contributed by atoms with E-state index in [1.807, 2.05) is 86.5 Å². The lowest BCUT2D eigenvalue weighted by molar-refractivity contribution is 0.416. The summed E-state index contributed by atoms with van der Waals surface area (Å²) in [5.41, 5.74) is 10.4. The Morgan fingerprint density at radius 2 is 0.980 bits per heavy atom. The molecule has 0 spiro atoms. The summed E-state index contributed by atoms with van der Waals surface area (Å²) >= 11 is 0. The van der Waals surface area contributed by atoms with E-state index in [9.17, 15) is 16.8 Å². The van der Waals surface area contributed by atoms with Crippen LogP contribution in [0.4, 0.5) is 11.4 Å². The molecule has 49 heavy (non-hydrogen) atoms. The molecule has 0 aliphatic rings. The number of nitrogens with two attached hydrogens (primary N) is 1. The molecule has 0 radical (unpaired) electrons. The van der Waals surface area contributed by atoms with E-state index in [4.69, 9.17) is 21.5 Å². The third-order valence-electron chi connectivity index (χ3n) is 7.03. The molecule has 0 atom stereocenters. The van der Waals surface area contributed by atoms with Gasteiger partial charge in [0.05, 0.1) is 9.79 Å². The topological polar surface area (TPSA) is 204 Å². The van der Waals surface area contributed by atoms with Crippen molar-refractivity contribution in [1.29, 1.82) is 10.8 Å². The number of fused-ring (bicyclic) bond motifs is 2. The molecule has 0 aliphatic heterocycles. The average molecular weight is 715 g/mol. The van der Waals surface area contributed by atoms with E-state index in [1.165, 1.54) is 6.07 Å². The second-order valence-electron chi connectivity index (χ2n) is 10.9. The zero-order valence-electron chi connectivity index (χ0n) is 28.8. The predicted octanol–water partition coefficient (Wildman–Crippen LogP) is 6.01. The molecule has 4 rings (SSSR count). The van der Waals surface area contributed by atoms with E-state index >= 15 is 0 Å². The van der Waals surface area contributed by atoms with Crippen LogP contribution in [0.15, 0.2) is 87.1 Å². The van der Waals surface area contributed by atoms with Crippen molar-refractivity contribution >= 4 is 53.0 Å². The highest BCUT2D eigenvalue weighted by Gasteiger charge is 2.18. The van der Waals surface area contributed by atoms with Crippen molar-refractivity contribution in [1.82, 2.24) is 9.80 Å². The summed E-state index contributed by atoms with van der Waals surface area (Å²) in [5.74, 6) is 0. The summed E-state index contributed by atoms with van der Waals surface area (Å²) in [6.45, 7) is 7.45. The average Bonchev–Trinajstić information content (AvgIpc) is 3.06. The first-order valence-electron chi connectivity index (χ1n) is 15.0. The van der Waals surface area contributed by atoms with Crippen molar-refractivity contribution in [2.24, 2.45) is 9.66 Å². The third kappa shape index (κ3) is 12.5. The molecular formula is C33H50N10O4S2. The maximum absolute atomic E-state index is 12.1. The molecule has 0 amide bonds. The number of nitrogens with zero attached hydrogens (tertiary/aromatic N) is 9. The molecule has 0 saturated heterocycles. The van der Waals surface area contributed by atoms with Crippen LogP contribution in [0.1, 0.15) is 21.3 Å². The second kappa shape index (κ2) is 20.8. The Morgan fingerprint density at radius 1 is 0.633 bits per heavy atom. The molecule has 0 aromatic heterocycles. The molecule has 268 valence electrons. The molecule has 16 heteroatoms. The number of primary sulfonamides is 1. The highest BCUT2D eigenvalue weighted by atomic mass is 32.2. The van der Waals surface area contributed by atoms with Crippen LogP contribution in [-0.4, -0.2) is 95.1 Å². The van der Waals surface area contributed by atoms with Crippen LogP contribution in [0, 0.1) is 10.8 Å². The van der Waals surface area contributed by atoms with E-state index in [1.54, 1.807) is 36.4 Å². The fraction of sp³-hybridized carbons (Fsp3) is 0.394. The van der Waals surface area contributed by atoms with Crippen molar-refractivity contribution < 1.29 is 16.8 Å². The predicted molar refractivity (Wildman–Crippen MR) is 201 cm³/mol. The quantitative estimate of drug-likeness (QED) is 0.0829. The first-order chi connectivity index (χ1) is 22.7. The van der Waals surface area contributed by atoms with E-state index in [2.05, 4.69) is 29.0 Å². The second-order valence-corrected chi connectivity index (χ2v) is 14.0. The maximum Gasteiger partial charge on any atom is 0.264 e. The largest absolute Gasteiger partial charge is 0.373 e. The molecule has 0 heterocycles. The van der Waals surface area contributed by atoms with E-state index in [0.29, 0.717) is 10.8 Å². The third-order valence-corrected chi connectivity index (χ3v) is 9.20. The van der Waals surface area contributed by atoms with Crippen LogP contribution in [-0.2, 0) is 20.0 Å². The minimum Gasteiger partial charge on any atom is -0.373 e. The lowest BCUT2D eigenvalue weighted by atomic mass is 10.1. The molecule has 0 fully saturated rings. The van der Waals surface area contributed by atoms with E-state index in [0.717, 1.165) is 48.3 Å². The fourth-order valence-corrected chi connectivity index (χ4v) is 6.34. The van der Waals surface area contributed by atoms with Crippen molar-refractivity contribution in [2.75, 3.05) is 78.3 Å². The summed E-state index contributed by atoms with van der Waals surface area (Å²) in [6, 6.07) is 21.3. The molecule has 2 N–H and O–H groups in total. The van der Waals surface area contributed by atoms with Gasteiger partial charge in [0.1, 0.15) is 0 Å². The van der Waals surface area contributed by atoms with Gasteiger partial charge in [0.2, 0.25) is 10.0 Å². The Hall–Kier alpha value is -4.49. The molecule has 0 aliphatic carbocycles. The molecule has 0 saturated carbocycles. The summed E-state index contributed by atoms with van der Waals surface area (Å²) in [4.78, 5) is 11.0. The minimum absolute atomic E-state index is 0. The van der Waals surface area contributed by atoms with Gasteiger partial charge in [-0.3, -0.25) is 0 Å². The van der Waals surface area contributed by atoms with E-state index in [-0.39, 0.29) is 17.2 Å². The summed E-state index contributed by atoms with van der Waals surface area (Å²) < 4.78 is 50.5. The number of azide groups is 1. The van der Waals surface area contributed by atoms with Gasteiger partial charge in [-0.1, -0.05) is 69.8 Å². The highest BCUT2D eigenvalue weighted by molar-refractivity contribution is 7.90. The highest BCUT2D eigenvalue weighted by Crippen LogP contribution is 2.32. The van der Waals surface area contributed by atoms with Crippen LogP contribution in [0.3, 0.4) is 0 Å². The van der Waals surface area contributed by atoms with Gasteiger partial charge >= 0.3 is 0 Å². The van der Waals surface area contributed by atoms with Crippen molar-refractivity contribution in [3.8, 4) is 0 Å². The normalized spacial score (nSPS) is 10.7. The standard InChI is InChI=1S/C15H19N5O2S.C15H21N3O2S.C2H6.CH4.N2/c1-19(2)10-11-20(3)14-8-4-7-13-12(14)6-5-9-15(13)23(21,22)18-17-16;1-17(2)10-11-18(3)14-8-4-7-13-12(14)6-5-9-15(13)21(16,19)20;1-2;;1-2/h4-9H,10-11H2,1-3H3;4-9H,10-11H2,1-3H3,(H2,16,19,20);1-2H3;1H4;. The summed E-state index contributed by atoms with van der Waals surface area (Å²) in [6.07, 6.45) is 0. The van der Waals surface area contributed by atoms with Crippen molar-refractivity contribution in [3.63, 3.8) is 0 Å². The van der Waals surface area contributed by atoms with Gasteiger partial charge in [0.25, 0.3) is 10.0 Å². The number of benzene rings is 4. The zero-order chi connectivity index (χ0) is 36.7. The molecule has 4 aromatic carbocycles. The van der Waals surface area contributed by atoms with E-state index < -0.39 is 20.0 Å². The Morgan fingerprint density at radius 3 is 1.35 bits per heavy atom. The number of rotatable bonds is 11. The number of anilines is 2. The van der Waals surface area contributed by atoms with Crippen LogP contribution >= 0.6 is 0 Å². The number of hydrogen-bond acceptors (Lipinski definition) is 10. The van der Waals surface area contributed by atoms with Gasteiger partial charge in [0.15, 0.2) is 0 Å². The molecule has 0 bridgehead atoms. The van der Waals surface area contributed by atoms with Crippen molar-refractivity contribution in [3.05, 3.63) is 83.2 Å². The number of likely N-dealkylation sites (N-methyl/N-ethyl adjacent to an activating group) is 4. The van der Waals surface area contributed by atoms with Gasteiger partial charge in [-0.25, -0.2) is 22.0 Å². The maximum atomic E-state index is 12.1. The SMILES string of the molecule is C.CC.CN(C)CCN(C)c1cccc2c(S(=O)(=O)N=[N+]=[N-])cccc12.CN(C)CCN(C)c1cccc2c(S(N)(=O)=O)cccc12.N#N. The Kier molecular flexibility index (Phi) is 18.9. The number of sulfonamides is 2. The van der Waals surface area contributed by atoms with Crippen molar-refractivity contribution in [2.45, 2.75) is 31.1 Å². The first-order valence-corrected chi connectivity index (χ1v) is 18.0. The molecule has 14 nitrogen and oxygen atoms in total. The van der Waals surface area contributed by atoms with Gasteiger partial charge in [-0.15, -0.1) is 0 Å². The Labute approximate surface area is 291 Å². The molecule has 4 aromatic rings. The fourth-order valence-electron chi connectivity index (χ4n) is 4.70. The monoisotopic (exact) mass is 714 g/mol. The zero-order valence-corrected chi connectivity index (χ0v) is 30.4. The van der Waals surface area contributed by atoms with Crippen LogP contribution in [0.25, 0.3) is 32.0 Å².